The van der Waals surface area contributed by atoms with Crippen LogP contribution in [0, 0.1) is 0 Å². The van der Waals surface area contributed by atoms with Crippen LogP contribution in [0.25, 0.3) is 0 Å². The van der Waals surface area contributed by atoms with Gasteiger partial charge in [-0.05, 0) is 24.3 Å². The number of esters is 3. The summed E-state index contributed by atoms with van der Waals surface area (Å²) in [5.41, 5.74) is 0.489. The zero-order valence-corrected chi connectivity index (χ0v) is 17.3. The van der Waals surface area contributed by atoms with E-state index in [2.05, 4.69) is 5.32 Å². The van der Waals surface area contributed by atoms with Gasteiger partial charge in [-0.2, -0.15) is 0 Å². The van der Waals surface area contributed by atoms with Gasteiger partial charge < -0.3 is 24.3 Å². The Kier molecular flexibility index (Phi) is 6.47. The maximum absolute atomic E-state index is 12.7. The molecule has 10 nitrogen and oxygen atoms in total. The first-order valence-corrected chi connectivity index (χ1v) is 9.53. The predicted octanol–water partition coefficient (Wildman–Crippen LogP) is 1.39. The van der Waals surface area contributed by atoms with E-state index in [4.69, 9.17) is 30.5 Å². The predicted molar refractivity (Wildman–Crippen MR) is 103 cm³/mol. The van der Waals surface area contributed by atoms with Gasteiger partial charge in [0.05, 0.1) is 0 Å². The van der Waals surface area contributed by atoms with E-state index in [1.165, 1.54) is 25.7 Å². The molecule has 2 amide bonds. The third kappa shape index (κ3) is 4.65. The smallest absolute Gasteiger partial charge is 0.324 e. The summed E-state index contributed by atoms with van der Waals surface area (Å²) in [7, 11) is 0. The van der Waals surface area contributed by atoms with Crippen molar-refractivity contribution in [1.29, 1.82) is 0 Å². The van der Waals surface area contributed by atoms with Crippen molar-refractivity contribution in [2.24, 2.45) is 0 Å². The number of amides is 2. The van der Waals surface area contributed by atoms with Gasteiger partial charge >= 0.3 is 23.9 Å². The fourth-order valence-electron chi connectivity index (χ4n) is 3.49. The lowest BCUT2D eigenvalue weighted by molar-refractivity contribution is -0.217. The summed E-state index contributed by atoms with van der Waals surface area (Å²) in [5, 5.41) is 3.20. The molecule has 0 aliphatic carbocycles. The third-order valence-electron chi connectivity index (χ3n) is 4.59. The number of carbonyl (C=O) groups excluding carboxylic acids is 4. The lowest BCUT2D eigenvalue weighted by atomic mass is 9.96. The van der Waals surface area contributed by atoms with Crippen molar-refractivity contribution in [3.63, 3.8) is 0 Å². The number of hydrogen-bond acceptors (Lipinski definition) is 8. The van der Waals surface area contributed by atoms with E-state index in [1.54, 1.807) is 24.3 Å². The first kappa shape index (κ1) is 21.8. The zero-order valence-electron chi connectivity index (χ0n) is 16.5. The number of nitrogens with zero attached hydrogens (tertiary/aromatic N) is 1. The van der Waals surface area contributed by atoms with Crippen LogP contribution >= 0.6 is 11.6 Å². The molecule has 3 rings (SSSR count). The molecule has 0 aromatic heterocycles. The molecule has 162 valence electrons. The molecule has 2 aliphatic heterocycles. The van der Waals surface area contributed by atoms with E-state index >= 15 is 0 Å². The molecule has 2 heterocycles. The highest BCUT2D eigenvalue weighted by Crippen LogP contribution is 2.35. The maximum atomic E-state index is 12.7. The number of ether oxygens (including phenoxy) is 4. The van der Waals surface area contributed by atoms with Crippen molar-refractivity contribution in [2.45, 2.75) is 51.4 Å². The molecule has 2 aliphatic rings. The molecule has 2 fully saturated rings. The van der Waals surface area contributed by atoms with Crippen LogP contribution in [0.15, 0.2) is 24.3 Å². The normalized spacial score (nSPS) is 27.7. The van der Waals surface area contributed by atoms with E-state index in [1.807, 2.05) is 0 Å². The molecule has 0 radical (unpaired) electrons. The quantitative estimate of drug-likeness (QED) is 0.538. The number of rotatable bonds is 5. The van der Waals surface area contributed by atoms with Gasteiger partial charge in [0, 0.05) is 31.5 Å². The minimum absolute atomic E-state index is 0.267. The minimum Gasteiger partial charge on any atom is -0.463 e. The Balaban J connectivity index is 1.97. The van der Waals surface area contributed by atoms with Gasteiger partial charge in [-0.3, -0.25) is 19.3 Å². The number of benzene rings is 1. The van der Waals surface area contributed by atoms with Crippen LogP contribution in [0.3, 0.4) is 0 Å². The molecule has 2 saturated heterocycles. The lowest BCUT2D eigenvalue weighted by Gasteiger charge is -2.43. The number of fused-ring (bicyclic) bond motifs is 1. The third-order valence-corrected chi connectivity index (χ3v) is 4.84. The van der Waals surface area contributed by atoms with Crippen molar-refractivity contribution in [1.82, 2.24) is 5.32 Å². The number of urea groups is 1. The second-order valence-electron chi connectivity index (χ2n) is 6.84. The number of nitrogens with one attached hydrogen (secondary N) is 1. The summed E-state index contributed by atoms with van der Waals surface area (Å²) in [4.78, 5) is 48.8. The molecular formula is C19H21ClN2O8. The molecule has 11 heteroatoms. The van der Waals surface area contributed by atoms with Crippen molar-refractivity contribution < 1.29 is 38.1 Å². The van der Waals surface area contributed by atoms with Crippen LogP contribution in [0.4, 0.5) is 10.5 Å². The fourth-order valence-corrected chi connectivity index (χ4v) is 3.61. The fraction of sp³-hybridized carbons (Fsp3) is 0.474. The van der Waals surface area contributed by atoms with Crippen LogP contribution in [-0.4, -0.2) is 61.1 Å². The molecular weight excluding hydrogens is 420 g/mol. The SMILES string of the molecule is CC(=O)OC[C@H]1O[C@H]2[C@H](NC(=O)N2c2ccc(Cl)cc2)[C@@H](OC(C)=O)[C@@H]1OC(C)=O. The van der Waals surface area contributed by atoms with E-state index in [0.717, 1.165) is 0 Å². The van der Waals surface area contributed by atoms with Gasteiger partial charge in [-0.25, -0.2) is 4.79 Å². The Labute approximate surface area is 177 Å². The van der Waals surface area contributed by atoms with E-state index in [0.29, 0.717) is 10.7 Å². The molecule has 1 aromatic rings. The zero-order chi connectivity index (χ0) is 22.0. The van der Waals surface area contributed by atoms with Crippen LogP contribution in [0.1, 0.15) is 20.8 Å². The van der Waals surface area contributed by atoms with Crippen molar-refractivity contribution in [3.05, 3.63) is 29.3 Å². The highest BCUT2D eigenvalue weighted by molar-refractivity contribution is 6.30. The van der Waals surface area contributed by atoms with Crippen LogP contribution in [0.5, 0.6) is 0 Å². The highest BCUT2D eigenvalue weighted by Gasteiger charge is 2.57. The van der Waals surface area contributed by atoms with Gasteiger partial charge in [0.1, 0.15) is 18.8 Å². The Hall–Kier alpha value is -2.85. The Bertz CT molecular complexity index is 845. The van der Waals surface area contributed by atoms with Gasteiger partial charge in [-0.15, -0.1) is 0 Å². The molecule has 1 N–H and O–H groups in total. The van der Waals surface area contributed by atoms with Gasteiger partial charge in [0.25, 0.3) is 0 Å². The van der Waals surface area contributed by atoms with Crippen LogP contribution in [0.2, 0.25) is 5.02 Å². The number of anilines is 1. The van der Waals surface area contributed by atoms with Crippen LogP contribution < -0.4 is 10.2 Å². The number of hydrogen-bond donors (Lipinski definition) is 1. The minimum atomic E-state index is -1.10. The molecule has 1 aromatic carbocycles. The Morgan fingerprint density at radius 1 is 1.03 bits per heavy atom. The van der Waals surface area contributed by atoms with Gasteiger partial charge in [0.15, 0.2) is 18.4 Å². The largest absolute Gasteiger partial charge is 0.463 e. The average molecular weight is 441 g/mol. The Morgan fingerprint density at radius 2 is 1.63 bits per heavy atom. The van der Waals surface area contributed by atoms with E-state index < -0.39 is 54.5 Å². The second-order valence-corrected chi connectivity index (χ2v) is 7.27. The topological polar surface area (TPSA) is 120 Å². The monoisotopic (exact) mass is 440 g/mol. The summed E-state index contributed by atoms with van der Waals surface area (Å²) < 4.78 is 21.8. The molecule has 5 atom stereocenters. The maximum Gasteiger partial charge on any atom is 0.324 e. The summed E-state index contributed by atoms with van der Waals surface area (Å²) in [6.45, 7) is 3.34. The standard InChI is InChI=1S/C19H21ClN2O8/c1-9(23)27-8-14-16(28-10(2)24)17(29-11(3)25)15-18(30-14)22(19(26)21-15)13-6-4-12(20)5-7-13/h4-7,14-18H,8H2,1-3H3,(H,21,26)/t14-,15-,16-,17-,18+/m1/s1. The average Bonchev–Trinajstić information content (AvgIpc) is 2.98. The summed E-state index contributed by atoms with van der Waals surface area (Å²) in [5.74, 6) is -1.85. The molecule has 30 heavy (non-hydrogen) atoms. The molecule has 0 bridgehead atoms. The van der Waals surface area contributed by atoms with Crippen molar-refractivity contribution in [3.8, 4) is 0 Å². The summed E-state index contributed by atoms with van der Waals surface area (Å²) >= 11 is 5.93. The number of carbonyl (C=O) groups is 4. The molecule has 0 saturated carbocycles. The summed E-state index contributed by atoms with van der Waals surface area (Å²) in [6.07, 6.45) is -4.06. The number of halogens is 1. The van der Waals surface area contributed by atoms with Crippen LogP contribution in [-0.2, 0) is 33.3 Å². The Morgan fingerprint density at radius 3 is 2.20 bits per heavy atom. The van der Waals surface area contributed by atoms with Crippen molar-refractivity contribution in [2.75, 3.05) is 11.5 Å². The molecule has 0 unspecified atom stereocenters. The highest BCUT2D eigenvalue weighted by atomic mass is 35.5. The van der Waals surface area contributed by atoms with E-state index in [9.17, 15) is 19.2 Å². The first-order valence-electron chi connectivity index (χ1n) is 9.16. The van der Waals surface area contributed by atoms with E-state index in [-0.39, 0.29) is 6.61 Å². The van der Waals surface area contributed by atoms with Gasteiger partial charge in [-0.1, -0.05) is 11.6 Å². The first-order chi connectivity index (χ1) is 14.2. The second kappa shape index (κ2) is 8.88. The summed E-state index contributed by atoms with van der Waals surface area (Å²) in [6, 6.07) is 5.15. The van der Waals surface area contributed by atoms with Crippen molar-refractivity contribution >= 4 is 41.2 Å². The lowest BCUT2D eigenvalue weighted by Crippen LogP contribution is -2.64. The van der Waals surface area contributed by atoms with Gasteiger partial charge in [0.2, 0.25) is 0 Å². The molecule has 0 spiro atoms.